The molecule has 0 amide bonds. The number of hydrogen-bond acceptors (Lipinski definition) is 10. The van der Waals surface area contributed by atoms with E-state index in [9.17, 15) is 13.2 Å². The second kappa shape index (κ2) is 9.05. The Bertz CT molecular complexity index is 1110. The van der Waals surface area contributed by atoms with Gasteiger partial charge in [0.2, 0.25) is 23.5 Å². The van der Waals surface area contributed by atoms with Crippen molar-refractivity contribution in [2.75, 3.05) is 48.9 Å². The van der Waals surface area contributed by atoms with Gasteiger partial charge >= 0.3 is 12.2 Å². The zero-order valence-electron chi connectivity index (χ0n) is 18.3. The highest BCUT2D eigenvalue weighted by Crippen LogP contribution is 2.52. The summed E-state index contributed by atoms with van der Waals surface area (Å²) in [5.74, 6) is 2.17. The van der Waals surface area contributed by atoms with Gasteiger partial charge in [0.05, 0.1) is 19.6 Å². The maximum Gasteiger partial charge on any atom is 0.391 e. The van der Waals surface area contributed by atoms with E-state index < -0.39 is 12.6 Å². The quantitative estimate of drug-likeness (QED) is 0.446. The van der Waals surface area contributed by atoms with Crippen LogP contribution in [-0.4, -0.2) is 64.6 Å². The Morgan fingerprint density at radius 3 is 2.47 bits per heavy atom. The highest BCUT2D eigenvalue weighted by Gasteiger charge is 2.56. The molecule has 2 aliphatic rings. The molecule has 1 aliphatic carbocycles. The van der Waals surface area contributed by atoms with Crippen molar-refractivity contribution in [2.45, 2.75) is 12.6 Å². The van der Waals surface area contributed by atoms with Crippen molar-refractivity contribution in [1.29, 1.82) is 0 Å². The predicted molar refractivity (Wildman–Crippen MR) is 117 cm³/mol. The normalized spacial score (nSPS) is 21.4. The maximum absolute atomic E-state index is 12.2. The number of nitrogens with one attached hydrogen (secondary N) is 2. The van der Waals surface area contributed by atoms with E-state index in [1.54, 1.807) is 7.05 Å². The van der Waals surface area contributed by atoms with Crippen LogP contribution in [0.1, 0.15) is 6.42 Å². The van der Waals surface area contributed by atoms with E-state index in [1.165, 1.54) is 0 Å². The summed E-state index contributed by atoms with van der Waals surface area (Å²) in [5, 5.41) is 10.1. The van der Waals surface area contributed by atoms with Crippen LogP contribution in [0, 0.1) is 17.8 Å². The Kier molecular flexibility index (Phi) is 5.94. The Labute approximate surface area is 192 Å². The number of hydrogen-bond donors (Lipinski definition) is 2. The Morgan fingerprint density at radius 2 is 1.76 bits per heavy atom. The topological polar surface area (TPSA) is 114 Å². The predicted octanol–water partition coefficient (Wildman–Crippen LogP) is 3.36. The van der Waals surface area contributed by atoms with Crippen molar-refractivity contribution < 1.29 is 22.4 Å². The molecule has 2 atom stereocenters. The Hall–Kier alpha value is -3.48. The van der Waals surface area contributed by atoms with Gasteiger partial charge in [-0.15, -0.1) is 0 Å². The lowest BCUT2D eigenvalue weighted by atomic mass is 10.3. The van der Waals surface area contributed by atoms with E-state index in [4.69, 9.17) is 9.26 Å². The number of ether oxygens (including phenoxy) is 1. The van der Waals surface area contributed by atoms with Gasteiger partial charge in [-0.05, 0) is 29.9 Å². The number of benzene rings is 1. The summed E-state index contributed by atoms with van der Waals surface area (Å²) in [6, 6.07) is 9.85. The van der Waals surface area contributed by atoms with Crippen LogP contribution >= 0.6 is 0 Å². The molecule has 5 rings (SSSR count). The summed E-state index contributed by atoms with van der Waals surface area (Å²) >= 11 is 0. The number of aromatic nitrogens is 5. The van der Waals surface area contributed by atoms with E-state index in [2.05, 4.69) is 35.7 Å². The van der Waals surface area contributed by atoms with E-state index in [-0.39, 0.29) is 24.2 Å². The van der Waals surface area contributed by atoms with Gasteiger partial charge in [-0.2, -0.15) is 33.1 Å². The van der Waals surface area contributed by atoms with Gasteiger partial charge in [0, 0.05) is 25.8 Å². The summed E-state index contributed by atoms with van der Waals surface area (Å²) in [4.78, 5) is 19.5. The third-order valence-electron chi connectivity index (χ3n) is 5.99. The second-order valence-electron chi connectivity index (χ2n) is 8.28. The fourth-order valence-corrected chi connectivity index (χ4v) is 4.19. The SMILES string of the molecule is CNc1nc(Nc2ccccc2)nc(-c2noc(N3CC4C(COCCC(F)(F)F)C4C3)n2)n1. The number of nitrogens with zero attached hydrogens (tertiary/aromatic N) is 6. The second-order valence-corrected chi connectivity index (χ2v) is 8.28. The minimum absolute atomic E-state index is 0.234. The lowest BCUT2D eigenvalue weighted by molar-refractivity contribution is -0.145. The van der Waals surface area contributed by atoms with Crippen LogP contribution in [0.2, 0.25) is 0 Å². The molecule has 1 saturated carbocycles. The molecule has 2 aromatic heterocycles. The molecule has 2 unspecified atom stereocenters. The number of anilines is 4. The number of fused-ring (bicyclic) bond motifs is 1. The number of para-hydroxylation sites is 1. The molecule has 13 heteroatoms. The van der Waals surface area contributed by atoms with Crippen LogP contribution in [0.5, 0.6) is 0 Å². The summed E-state index contributed by atoms with van der Waals surface area (Å²) < 4.78 is 47.3. The van der Waals surface area contributed by atoms with Crippen LogP contribution in [0.3, 0.4) is 0 Å². The first kappa shape index (κ1) is 22.3. The molecule has 34 heavy (non-hydrogen) atoms. The minimum Gasteiger partial charge on any atom is -0.381 e. The smallest absolute Gasteiger partial charge is 0.381 e. The van der Waals surface area contributed by atoms with E-state index in [1.807, 2.05) is 35.2 Å². The first-order valence-electron chi connectivity index (χ1n) is 10.9. The fraction of sp³-hybridized carbons (Fsp3) is 0.476. The zero-order valence-corrected chi connectivity index (χ0v) is 18.3. The Morgan fingerprint density at radius 1 is 1.03 bits per heavy atom. The Balaban J connectivity index is 1.20. The molecule has 2 fully saturated rings. The van der Waals surface area contributed by atoms with Gasteiger partial charge in [0.1, 0.15) is 0 Å². The largest absolute Gasteiger partial charge is 0.391 e. The molecule has 0 bridgehead atoms. The first-order chi connectivity index (χ1) is 16.4. The first-order valence-corrected chi connectivity index (χ1v) is 10.9. The summed E-state index contributed by atoms with van der Waals surface area (Å²) in [7, 11) is 1.70. The molecule has 3 heterocycles. The van der Waals surface area contributed by atoms with Gasteiger partial charge in [-0.3, -0.25) is 0 Å². The highest BCUT2D eigenvalue weighted by atomic mass is 19.4. The van der Waals surface area contributed by atoms with Crippen LogP contribution in [-0.2, 0) is 4.74 Å². The van der Waals surface area contributed by atoms with E-state index in [0.29, 0.717) is 49.4 Å². The van der Waals surface area contributed by atoms with Gasteiger partial charge in [-0.1, -0.05) is 23.4 Å². The summed E-state index contributed by atoms with van der Waals surface area (Å²) in [6.45, 7) is 1.44. The fourth-order valence-electron chi connectivity index (χ4n) is 4.19. The minimum atomic E-state index is -4.18. The van der Waals surface area contributed by atoms with E-state index in [0.717, 1.165) is 5.69 Å². The van der Waals surface area contributed by atoms with Gasteiger partial charge < -0.3 is 24.8 Å². The van der Waals surface area contributed by atoms with Gasteiger partial charge in [0.25, 0.3) is 0 Å². The number of piperidine rings is 1. The standard InChI is InChI=1S/C21H23F3N8O2/c1-25-18-27-16(28-19(30-18)26-12-5-3-2-4-6-12)17-29-20(34-31-17)32-9-13-14(10-32)15(13)11-33-8-7-21(22,23)24/h2-6,13-15H,7-11H2,1H3,(H2,25,26,27,28,30). The van der Waals surface area contributed by atoms with Crippen molar-refractivity contribution in [3.05, 3.63) is 30.3 Å². The van der Waals surface area contributed by atoms with Gasteiger partial charge in [-0.25, -0.2) is 0 Å². The van der Waals surface area contributed by atoms with Crippen LogP contribution in [0.4, 0.5) is 36.8 Å². The average molecular weight is 476 g/mol. The zero-order chi connectivity index (χ0) is 23.7. The lowest BCUT2D eigenvalue weighted by Crippen LogP contribution is -2.25. The van der Waals surface area contributed by atoms with E-state index >= 15 is 0 Å². The molecule has 0 spiro atoms. The molecule has 180 valence electrons. The van der Waals surface area contributed by atoms with Crippen molar-refractivity contribution in [3.8, 4) is 11.6 Å². The summed E-state index contributed by atoms with van der Waals surface area (Å²) in [6.07, 6.45) is -5.10. The number of rotatable bonds is 9. The molecule has 3 aromatic rings. The van der Waals surface area contributed by atoms with Crippen LogP contribution in [0.15, 0.2) is 34.9 Å². The van der Waals surface area contributed by atoms with Crippen LogP contribution in [0.25, 0.3) is 11.6 Å². The van der Waals surface area contributed by atoms with Gasteiger partial charge in [0.15, 0.2) is 0 Å². The molecule has 2 N–H and O–H groups in total. The molecule has 1 saturated heterocycles. The van der Waals surface area contributed by atoms with Crippen molar-refractivity contribution in [1.82, 2.24) is 25.1 Å². The lowest BCUT2D eigenvalue weighted by Gasteiger charge is -2.16. The molecule has 1 aliphatic heterocycles. The molecule has 1 aromatic carbocycles. The summed E-state index contributed by atoms with van der Waals surface area (Å²) in [5.41, 5.74) is 0.823. The van der Waals surface area contributed by atoms with Crippen molar-refractivity contribution >= 4 is 23.6 Å². The van der Waals surface area contributed by atoms with Crippen molar-refractivity contribution in [3.63, 3.8) is 0 Å². The average Bonchev–Trinajstić information content (AvgIpc) is 3.17. The molecule has 10 nitrogen and oxygen atoms in total. The third kappa shape index (κ3) is 5.03. The monoisotopic (exact) mass is 476 g/mol. The maximum atomic E-state index is 12.2. The highest BCUT2D eigenvalue weighted by molar-refractivity contribution is 5.57. The van der Waals surface area contributed by atoms with Crippen LogP contribution < -0.4 is 15.5 Å². The molecular formula is C21H23F3N8O2. The number of halogens is 3. The third-order valence-corrected chi connectivity index (χ3v) is 5.99. The molecule has 0 radical (unpaired) electrons. The number of alkyl halides is 3. The van der Waals surface area contributed by atoms with Crippen molar-refractivity contribution in [2.24, 2.45) is 17.8 Å². The molecular weight excluding hydrogens is 453 g/mol.